The standard InChI is InChI=1S/C18H24N2O4S2/c1-20(2,3)10-11-4-6-12(7-5-11)25-18-14(17(23)24)19-15(22)13(8-9-21)16(19)26-18/h4-7,13-14,16,18,21H,8-10H2,1-3H3/t13-,14?,16?,18?/m0/s1. The number of rotatable bonds is 7. The number of nitrogens with zero attached hydrogens (tertiary/aromatic N) is 2. The zero-order valence-electron chi connectivity index (χ0n) is 15.1. The second kappa shape index (κ2) is 7.42. The average molecular weight is 397 g/mol. The number of aliphatic hydroxyl groups excluding tert-OH is 1. The summed E-state index contributed by atoms with van der Waals surface area (Å²) in [6, 6.07) is 7.21. The van der Waals surface area contributed by atoms with Crippen LogP contribution in [0.3, 0.4) is 0 Å². The Labute approximate surface area is 162 Å². The van der Waals surface area contributed by atoms with Crippen molar-refractivity contribution < 1.29 is 24.3 Å². The topological polar surface area (TPSA) is 80.7 Å². The predicted molar refractivity (Wildman–Crippen MR) is 100 cm³/mol. The van der Waals surface area contributed by atoms with E-state index in [0.29, 0.717) is 6.42 Å². The van der Waals surface area contributed by atoms with Crippen molar-refractivity contribution in [1.29, 1.82) is 0 Å². The Morgan fingerprint density at radius 3 is 2.50 bits per heavy atom. The van der Waals surface area contributed by atoms with Crippen molar-refractivity contribution in [2.45, 2.75) is 33.9 Å². The summed E-state index contributed by atoms with van der Waals surface area (Å²) in [4.78, 5) is 26.3. The second-order valence-corrected chi connectivity index (χ2v) is 10.5. The van der Waals surface area contributed by atoms with E-state index in [1.54, 1.807) is 0 Å². The third-order valence-electron chi connectivity index (χ3n) is 4.54. The highest BCUT2D eigenvalue weighted by molar-refractivity contribution is 8.17. The van der Waals surface area contributed by atoms with Crippen LogP contribution in [0.4, 0.5) is 0 Å². The average Bonchev–Trinajstić information content (AvgIpc) is 2.88. The van der Waals surface area contributed by atoms with Crippen molar-refractivity contribution >= 4 is 35.4 Å². The predicted octanol–water partition coefficient (Wildman–Crippen LogP) is 0.343. The van der Waals surface area contributed by atoms with Gasteiger partial charge >= 0.3 is 0 Å². The van der Waals surface area contributed by atoms with Crippen LogP contribution in [0, 0.1) is 5.92 Å². The van der Waals surface area contributed by atoms with Gasteiger partial charge in [0.1, 0.15) is 6.54 Å². The number of amides is 1. The van der Waals surface area contributed by atoms with Crippen LogP contribution in [0.5, 0.6) is 0 Å². The summed E-state index contributed by atoms with van der Waals surface area (Å²) in [5.41, 5.74) is 1.22. The number of β-lactam (4-membered cyclic amide) rings is 1. The van der Waals surface area contributed by atoms with Crippen LogP contribution < -0.4 is 5.11 Å². The molecule has 0 aromatic heterocycles. The molecule has 8 heteroatoms. The Morgan fingerprint density at radius 1 is 1.31 bits per heavy atom. The Morgan fingerprint density at radius 2 is 1.96 bits per heavy atom. The van der Waals surface area contributed by atoms with Crippen LogP contribution in [0.1, 0.15) is 12.0 Å². The van der Waals surface area contributed by atoms with Gasteiger partial charge in [-0.05, 0) is 18.6 Å². The molecule has 2 aliphatic rings. The number of fused-ring (bicyclic) bond motifs is 1. The highest BCUT2D eigenvalue weighted by Crippen LogP contribution is 2.53. The zero-order valence-corrected chi connectivity index (χ0v) is 16.8. The summed E-state index contributed by atoms with van der Waals surface area (Å²) >= 11 is 2.96. The van der Waals surface area contributed by atoms with Crippen molar-refractivity contribution in [3.05, 3.63) is 29.8 Å². The molecule has 0 spiro atoms. The van der Waals surface area contributed by atoms with Crippen molar-refractivity contribution in [2.75, 3.05) is 27.7 Å². The maximum absolute atomic E-state index is 12.2. The summed E-state index contributed by atoms with van der Waals surface area (Å²) in [6.07, 6.45) is 0.379. The largest absolute Gasteiger partial charge is 0.548 e. The van der Waals surface area contributed by atoms with Gasteiger partial charge in [0, 0.05) is 17.1 Å². The number of hydrogen-bond acceptors (Lipinski definition) is 6. The molecule has 2 heterocycles. The number of aliphatic carboxylic acids is 1. The summed E-state index contributed by atoms with van der Waals surface area (Å²) < 4.78 is 0.532. The van der Waals surface area contributed by atoms with E-state index in [4.69, 9.17) is 5.11 Å². The minimum atomic E-state index is -1.21. The summed E-state index contributed by atoms with van der Waals surface area (Å²) in [6.45, 7) is 0.848. The number of hydrogen-bond donors (Lipinski definition) is 1. The minimum absolute atomic E-state index is 0.0666. The maximum Gasteiger partial charge on any atom is 0.230 e. The summed E-state index contributed by atoms with van der Waals surface area (Å²) in [5.74, 6) is -1.69. The lowest BCUT2D eigenvalue weighted by atomic mass is 9.93. The van der Waals surface area contributed by atoms with Crippen molar-refractivity contribution in [2.24, 2.45) is 5.92 Å². The monoisotopic (exact) mass is 396 g/mol. The molecule has 6 nitrogen and oxygen atoms in total. The number of quaternary nitrogens is 1. The molecular weight excluding hydrogens is 372 g/mol. The normalized spacial score (nSPS) is 28.0. The van der Waals surface area contributed by atoms with Gasteiger partial charge in [0.05, 0.1) is 49.0 Å². The van der Waals surface area contributed by atoms with Gasteiger partial charge in [0.2, 0.25) is 5.91 Å². The van der Waals surface area contributed by atoms with Gasteiger partial charge in [-0.1, -0.05) is 12.1 Å². The van der Waals surface area contributed by atoms with Crippen molar-refractivity contribution in [1.82, 2.24) is 4.90 Å². The van der Waals surface area contributed by atoms with Crippen LogP contribution in [0.2, 0.25) is 0 Å². The van der Waals surface area contributed by atoms with Crippen LogP contribution in [-0.4, -0.2) is 70.1 Å². The molecule has 26 heavy (non-hydrogen) atoms. The van der Waals surface area contributed by atoms with Gasteiger partial charge in [-0.15, -0.1) is 23.5 Å². The number of carboxylic acids is 1. The first-order valence-corrected chi connectivity index (χ1v) is 10.4. The molecule has 3 rings (SSSR count). The lowest BCUT2D eigenvalue weighted by Gasteiger charge is -2.44. The number of aliphatic hydroxyl groups is 1. The molecule has 2 saturated heterocycles. The Balaban J connectivity index is 1.71. The van der Waals surface area contributed by atoms with E-state index >= 15 is 0 Å². The van der Waals surface area contributed by atoms with E-state index in [2.05, 4.69) is 33.3 Å². The van der Waals surface area contributed by atoms with E-state index in [0.717, 1.165) is 15.9 Å². The number of carbonyl (C=O) groups is 2. The molecule has 1 aromatic carbocycles. The lowest BCUT2D eigenvalue weighted by Crippen LogP contribution is -2.63. The third-order valence-corrected chi connectivity index (χ3v) is 7.55. The molecule has 3 unspecified atom stereocenters. The fourth-order valence-corrected chi connectivity index (χ4v) is 6.73. The minimum Gasteiger partial charge on any atom is -0.548 e. The molecule has 1 amide bonds. The molecule has 1 aromatic rings. The van der Waals surface area contributed by atoms with Gasteiger partial charge < -0.3 is 24.4 Å². The van der Waals surface area contributed by atoms with E-state index in [1.807, 2.05) is 12.1 Å². The number of benzene rings is 1. The molecule has 0 bridgehead atoms. The highest BCUT2D eigenvalue weighted by atomic mass is 32.2. The van der Waals surface area contributed by atoms with E-state index in [1.165, 1.54) is 34.0 Å². The van der Waals surface area contributed by atoms with Crippen LogP contribution in [-0.2, 0) is 16.1 Å². The molecular formula is C18H24N2O4S2. The molecule has 2 fully saturated rings. The van der Waals surface area contributed by atoms with Gasteiger partial charge in [-0.3, -0.25) is 4.79 Å². The van der Waals surface area contributed by atoms with Gasteiger partial charge in [-0.25, -0.2) is 0 Å². The lowest BCUT2D eigenvalue weighted by molar-refractivity contribution is -0.884. The Hall–Kier alpha value is -1.22. The fourth-order valence-electron chi connectivity index (χ4n) is 3.43. The highest BCUT2D eigenvalue weighted by Gasteiger charge is 2.58. The van der Waals surface area contributed by atoms with E-state index in [9.17, 15) is 14.7 Å². The van der Waals surface area contributed by atoms with Crippen molar-refractivity contribution in [3.8, 4) is 0 Å². The zero-order chi connectivity index (χ0) is 19.1. The van der Waals surface area contributed by atoms with E-state index in [-0.39, 0.29) is 28.4 Å². The number of thioether (sulfide) groups is 2. The van der Waals surface area contributed by atoms with Gasteiger partial charge in [0.15, 0.2) is 0 Å². The molecule has 0 aliphatic carbocycles. The van der Waals surface area contributed by atoms with Gasteiger partial charge in [-0.2, -0.15) is 0 Å². The summed E-state index contributed by atoms with van der Waals surface area (Å²) in [7, 11) is 6.39. The molecule has 0 saturated carbocycles. The molecule has 142 valence electrons. The third kappa shape index (κ3) is 3.88. The van der Waals surface area contributed by atoms with Crippen LogP contribution in [0.15, 0.2) is 29.2 Å². The molecule has 2 aliphatic heterocycles. The smallest absolute Gasteiger partial charge is 0.230 e. The molecule has 0 radical (unpaired) electrons. The SMILES string of the molecule is C[N+](C)(C)Cc1ccc(SC2SC3[C@@H](CCO)C(=O)N3C2C(=O)[O-])cc1. The Kier molecular flexibility index (Phi) is 5.58. The number of carboxylic acid groups (broad SMARTS) is 1. The van der Waals surface area contributed by atoms with E-state index < -0.39 is 12.0 Å². The number of carbonyl (C=O) groups excluding carboxylic acids is 2. The van der Waals surface area contributed by atoms with Crippen LogP contribution >= 0.6 is 23.5 Å². The molecule has 1 N–H and O–H groups in total. The second-order valence-electron chi connectivity index (χ2n) is 7.73. The maximum atomic E-state index is 12.2. The quantitative estimate of drug-likeness (QED) is 0.529. The van der Waals surface area contributed by atoms with Crippen LogP contribution in [0.25, 0.3) is 0 Å². The summed E-state index contributed by atoms with van der Waals surface area (Å²) in [5, 5.41) is 20.6. The Bertz CT molecular complexity index is 689. The molecule has 4 atom stereocenters. The first-order valence-electron chi connectivity index (χ1n) is 8.56. The van der Waals surface area contributed by atoms with Crippen molar-refractivity contribution in [3.63, 3.8) is 0 Å². The fraction of sp³-hybridized carbons (Fsp3) is 0.556. The first-order chi connectivity index (χ1) is 12.2. The first kappa shape index (κ1) is 19.5. The van der Waals surface area contributed by atoms with Gasteiger partial charge in [0.25, 0.3) is 0 Å².